The number of aryl methyl sites for hydroxylation is 1. The molecule has 21 heavy (non-hydrogen) atoms. The van der Waals surface area contributed by atoms with Gasteiger partial charge in [-0.3, -0.25) is 4.79 Å². The number of hydrogen-bond acceptors (Lipinski definition) is 4. The van der Waals surface area contributed by atoms with E-state index in [0.717, 1.165) is 5.56 Å². The van der Waals surface area contributed by atoms with Crippen molar-refractivity contribution in [1.82, 2.24) is 20.1 Å². The molecule has 0 radical (unpaired) electrons. The summed E-state index contributed by atoms with van der Waals surface area (Å²) in [6.45, 7) is 5.82. The average Bonchev–Trinajstić information content (AvgIpc) is 2.85. The van der Waals surface area contributed by atoms with E-state index in [0.29, 0.717) is 23.8 Å². The van der Waals surface area contributed by atoms with Crippen LogP contribution in [0.25, 0.3) is 11.4 Å². The minimum absolute atomic E-state index is 0.0873. The largest absolute Gasteiger partial charge is 0.351 e. The second-order valence-corrected chi connectivity index (χ2v) is 4.42. The van der Waals surface area contributed by atoms with E-state index in [9.17, 15) is 4.79 Å². The zero-order chi connectivity index (χ0) is 15.2. The first-order chi connectivity index (χ1) is 10.1. The first-order valence-corrected chi connectivity index (χ1v) is 6.43. The third-order valence-corrected chi connectivity index (χ3v) is 2.79. The Hall–Kier alpha value is -2.94. The third-order valence-electron chi connectivity index (χ3n) is 2.79. The standard InChI is InChI=1S/C15H15N5O/c1-3-8-17-14(21)10-20-15(18-11(2)19-20)13-6-4-12(9-16)5-7-13/h3-7H,1,8,10H2,2H3,(H,17,21). The van der Waals surface area contributed by atoms with Crippen molar-refractivity contribution in [3.63, 3.8) is 0 Å². The summed E-state index contributed by atoms with van der Waals surface area (Å²) >= 11 is 0. The van der Waals surface area contributed by atoms with Crippen LogP contribution < -0.4 is 5.32 Å². The Kier molecular flexibility index (Phi) is 4.46. The van der Waals surface area contributed by atoms with E-state index in [4.69, 9.17) is 5.26 Å². The highest BCUT2D eigenvalue weighted by molar-refractivity contribution is 5.76. The fourth-order valence-corrected chi connectivity index (χ4v) is 1.85. The van der Waals surface area contributed by atoms with Crippen LogP contribution in [0.5, 0.6) is 0 Å². The van der Waals surface area contributed by atoms with Gasteiger partial charge in [0.15, 0.2) is 5.82 Å². The molecule has 0 bridgehead atoms. The van der Waals surface area contributed by atoms with Gasteiger partial charge in [0, 0.05) is 12.1 Å². The van der Waals surface area contributed by atoms with Gasteiger partial charge in [-0.2, -0.15) is 10.4 Å². The van der Waals surface area contributed by atoms with Gasteiger partial charge in [0.1, 0.15) is 12.4 Å². The zero-order valence-corrected chi connectivity index (χ0v) is 11.7. The van der Waals surface area contributed by atoms with Crippen LogP contribution in [0.3, 0.4) is 0 Å². The number of amides is 1. The van der Waals surface area contributed by atoms with Crippen molar-refractivity contribution >= 4 is 5.91 Å². The molecule has 0 fully saturated rings. The molecule has 106 valence electrons. The first-order valence-electron chi connectivity index (χ1n) is 6.43. The molecule has 0 aliphatic heterocycles. The molecule has 0 aliphatic rings. The molecule has 2 rings (SSSR count). The summed E-state index contributed by atoms with van der Waals surface area (Å²) in [4.78, 5) is 16.1. The van der Waals surface area contributed by atoms with Gasteiger partial charge in [0.2, 0.25) is 5.91 Å². The Balaban J connectivity index is 2.25. The Bertz CT molecular complexity index is 694. The van der Waals surface area contributed by atoms with Crippen molar-refractivity contribution in [1.29, 1.82) is 5.26 Å². The number of aromatic nitrogens is 3. The summed E-state index contributed by atoms with van der Waals surface area (Å²) < 4.78 is 1.55. The molecule has 2 aromatic rings. The number of carbonyl (C=O) groups excluding carboxylic acids is 1. The predicted molar refractivity (Wildman–Crippen MR) is 78.1 cm³/mol. The Morgan fingerprint density at radius 1 is 1.48 bits per heavy atom. The normalized spacial score (nSPS) is 9.90. The first kappa shape index (κ1) is 14.5. The van der Waals surface area contributed by atoms with Gasteiger partial charge in [-0.1, -0.05) is 6.08 Å². The smallest absolute Gasteiger partial charge is 0.242 e. The molecule has 0 saturated carbocycles. The molecule has 6 nitrogen and oxygen atoms in total. The molecule has 1 aromatic carbocycles. The molecule has 6 heteroatoms. The van der Waals surface area contributed by atoms with Crippen molar-refractivity contribution in [2.24, 2.45) is 0 Å². The van der Waals surface area contributed by atoms with E-state index in [1.807, 2.05) is 0 Å². The summed E-state index contributed by atoms with van der Waals surface area (Å²) in [6.07, 6.45) is 1.62. The molecule has 1 heterocycles. The molecule has 0 unspecified atom stereocenters. The second kappa shape index (κ2) is 6.48. The molecule has 0 spiro atoms. The van der Waals surface area contributed by atoms with Crippen molar-refractivity contribution in [2.75, 3.05) is 6.54 Å². The van der Waals surface area contributed by atoms with Crippen LogP contribution in [0.1, 0.15) is 11.4 Å². The molecular weight excluding hydrogens is 266 g/mol. The number of rotatable bonds is 5. The zero-order valence-electron chi connectivity index (χ0n) is 11.7. The Morgan fingerprint density at radius 2 is 2.19 bits per heavy atom. The summed E-state index contributed by atoms with van der Waals surface area (Å²) in [5, 5.41) is 15.7. The number of nitrogens with one attached hydrogen (secondary N) is 1. The molecule has 1 amide bonds. The summed E-state index contributed by atoms with van der Waals surface area (Å²) in [5.41, 5.74) is 1.39. The van der Waals surface area contributed by atoms with E-state index >= 15 is 0 Å². The molecular formula is C15H15N5O. The average molecular weight is 281 g/mol. The topological polar surface area (TPSA) is 83.6 Å². The van der Waals surface area contributed by atoms with E-state index in [2.05, 4.69) is 28.0 Å². The van der Waals surface area contributed by atoms with Crippen molar-refractivity contribution in [3.8, 4) is 17.5 Å². The summed E-state index contributed by atoms with van der Waals surface area (Å²) in [5.74, 6) is 1.03. The van der Waals surface area contributed by atoms with Gasteiger partial charge in [0.25, 0.3) is 0 Å². The van der Waals surface area contributed by atoms with Crippen LogP contribution in [0, 0.1) is 18.3 Å². The van der Waals surface area contributed by atoms with E-state index < -0.39 is 0 Å². The number of benzene rings is 1. The maximum Gasteiger partial charge on any atom is 0.242 e. The van der Waals surface area contributed by atoms with Crippen molar-refractivity contribution < 1.29 is 4.79 Å². The highest BCUT2D eigenvalue weighted by Gasteiger charge is 2.12. The molecule has 0 saturated heterocycles. The van der Waals surface area contributed by atoms with Crippen LogP contribution >= 0.6 is 0 Å². The lowest BCUT2D eigenvalue weighted by Crippen LogP contribution is -2.28. The predicted octanol–water partition coefficient (Wildman–Crippen LogP) is 1.43. The SMILES string of the molecule is C=CCNC(=O)Cn1nc(C)nc1-c1ccc(C#N)cc1. The van der Waals surface area contributed by atoms with Gasteiger partial charge in [-0.05, 0) is 31.2 Å². The number of hydrogen-bond donors (Lipinski definition) is 1. The van der Waals surface area contributed by atoms with Gasteiger partial charge in [-0.25, -0.2) is 9.67 Å². The minimum Gasteiger partial charge on any atom is -0.351 e. The van der Waals surface area contributed by atoms with Crippen molar-refractivity contribution in [2.45, 2.75) is 13.5 Å². The Morgan fingerprint density at radius 3 is 2.81 bits per heavy atom. The lowest BCUT2D eigenvalue weighted by Gasteiger charge is -2.06. The van der Waals surface area contributed by atoms with E-state index in [1.54, 1.807) is 41.9 Å². The van der Waals surface area contributed by atoms with Crippen LogP contribution in [0.2, 0.25) is 0 Å². The lowest BCUT2D eigenvalue weighted by molar-refractivity contribution is -0.121. The molecule has 1 N–H and O–H groups in total. The fraction of sp³-hybridized carbons (Fsp3) is 0.200. The van der Waals surface area contributed by atoms with E-state index in [-0.39, 0.29) is 12.5 Å². The maximum atomic E-state index is 11.8. The molecule has 0 atom stereocenters. The number of nitrogens with zero attached hydrogens (tertiary/aromatic N) is 4. The highest BCUT2D eigenvalue weighted by atomic mass is 16.2. The van der Waals surface area contributed by atoms with Crippen LogP contribution in [0.4, 0.5) is 0 Å². The van der Waals surface area contributed by atoms with Gasteiger partial charge >= 0.3 is 0 Å². The number of carbonyl (C=O) groups is 1. The summed E-state index contributed by atoms with van der Waals surface area (Å²) in [6, 6.07) is 9.07. The highest BCUT2D eigenvalue weighted by Crippen LogP contribution is 2.17. The third kappa shape index (κ3) is 3.54. The fourth-order valence-electron chi connectivity index (χ4n) is 1.85. The van der Waals surface area contributed by atoms with Crippen LogP contribution in [0.15, 0.2) is 36.9 Å². The van der Waals surface area contributed by atoms with Crippen LogP contribution in [-0.2, 0) is 11.3 Å². The maximum absolute atomic E-state index is 11.8. The number of nitriles is 1. The second-order valence-electron chi connectivity index (χ2n) is 4.42. The van der Waals surface area contributed by atoms with Gasteiger partial charge in [0.05, 0.1) is 11.6 Å². The van der Waals surface area contributed by atoms with Gasteiger partial charge < -0.3 is 5.32 Å². The quantitative estimate of drug-likeness (QED) is 0.840. The molecule has 1 aromatic heterocycles. The molecule has 0 aliphatic carbocycles. The van der Waals surface area contributed by atoms with E-state index in [1.165, 1.54) is 0 Å². The summed E-state index contributed by atoms with van der Waals surface area (Å²) in [7, 11) is 0. The van der Waals surface area contributed by atoms with Gasteiger partial charge in [-0.15, -0.1) is 6.58 Å². The monoisotopic (exact) mass is 281 g/mol. The Labute approximate surface area is 122 Å². The van der Waals surface area contributed by atoms with Crippen molar-refractivity contribution in [3.05, 3.63) is 48.3 Å². The lowest BCUT2D eigenvalue weighted by atomic mass is 10.1. The minimum atomic E-state index is -0.158. The van der Waals surface area contributed by atoms with Crippen LogP contribution in [-0.4, -0.2) is 27.2 Å².